The minimum Gasteiger partial charge on any atom is -0.362 e. The molecule has 1 unspecified atom stereocenters. The lowest BCUT2D eigenvalue weighted by Gasteiger charge is -2.19. The van der Waals surface area contributed by atoms with E-state index in [4.69, 9.17) is 4.99 Å². The molecule has 0 aliphatic carbocycles. The third-order valence-corrected chi connectivity index (χ3v) is 3.70. The molecule has 2 rings (SSSR count). The van der Waals surface area contributed by atoms with Crippen LogP contribution in [0.5, 0.6) is 0 Å². The fraction of sp³-hybridized carbons (Fsp3) is 0.368. The molecular weight excluding hydrogens is 298 g/mol. The summed E-state index contributed by atoms with van der Waals surface area (Å²) >= 11 is 0. The fourth-order valence-corrected chi connectivity index (χ4v) is 2.47. The van der Waals surface area contributed by atoms with Crippen molar-refractivity contribution in [2.45, 2.75) is 26.4 Å². The van der Waals surface area contributed by atoms with E-state index >= 15 is 0 Å². The number of aliphatic imine (C=N–C) groups is 1. The number of benzene rings is 1. The molecule has 1 aromatic heterocycles. The van der Waals surface area contributed by atoms with Gasteiger partial charge >= 0.3 is 0 Å². The van der Waals surface area contributed by atoms with E-state index in [9.17, 15) is 0 Å². The van der Waals surface area contributed by atoms with Crippen LogP contribution >= 0.6 is 0 Å². The Morgan fingerprint density at radius 2 is 1.92 bits per heavy atom. The topological polar surface area (TPSA) is 52.6 Å². The predicted octanol–water partition coefficient (Wildman–Crippen LogP) is 2.96. The van der Waals surface area contributed by atoms with Crippen LogP contribution < -0.4 is 15.5 Å². The molecule has 0 spiro atoms. The summed E-state index contributed by atoms with van der Waals surface area (Å²) in [5, 5.41) is 6.77. The Balaban J connectivity index is 2.11. The second-order valence-electron chi connectivity index (χ2n) is 5.85. The maximum absolute atomic E-state index is 4.72. The Morgan fingerprint density at radius 3 is 2.58 bits per heavy atom. The van der Waals surface area contributed by atoms with Crippen LogP contribution in [-0.4, -0.2) is 31.6 Å². The Hall–Kier alpha value is -2.56. The smallest absolute Gasteiger partial charge is 0.192 e. The molecule has 0 saturated heterocycles. The van der Waals surface area contributed by atoms with Crippen LogP contribution in [0.25, 0.3) is 0 Å². The third kappa shape index (κ3) is 4.98. The molecule has 128 valence electrons. The quantitative estimate of drug-likeness (QED) is 0.633. The minimum atomic E-state index is 0.186. The summed E-state index contributed by atoms with van der Waals surface area (Å²) in [6, 6.07) is 14.6. The van der Waals surface area contributed by atoms with Crippen molar-refractivity contribution in [1.29, 1.82) is 0 Å². The highest BCUT2D eigenvalue weighted by molar-refractivity contribution is 5.80. The number of rotatable bonds is 6. The van der Waals surface area contributed by atoms with Crippen LogP contribution in [0.15, 0.2) is 53.7 Å². The number of aromatic nitrogens is 1. The first-order chi connectivity index (χ1) is 11.6. The zero-order chi connectivity index (χ0) is 17.4. The van der Waals surface area contributed by atoms with Gasteiger partial charge in [-0.3, -0.25) is 0 Å². The van der Waals surface area contributed by atoms with Gasteiger partial charge in [-0.1, -0.05) is 36.4 Å². The number of guanidine groups is 1. The lowest BCUT2D eigenvalue weighted by atomic mass is 10.1. The highest BCUT2D eigenvalue weighted by Crippen LogP contribution is 2.15. The van der Waals surface area contributed by atoms with E-state index in [1.807, 2.05) is 37.3 Å². The van der Waals surface area contributed by atoms with E-state index in [1.54, 1.807) is 0 Å². The molecule has 2 aromatic rings. The highest BCUT2D eigenvalue weighted by Gasteiger charge is 2.08. The number of nitrogens with zero attached hydrogens (tertiary/aromatic N) is 3. The largest absolute Gasteiger partial charge is 0.362 e. The molecule has 5 nitrogen and oxygen atoms in total. The van der Waals surface area contributed by atoms with Crippen molar-refractivity contribution in [3.8, 4) is 0 Å². The summed E-state index contributed by atoms with van der Waals surface area (Å²) in [6.45, 7) is 5.61. The van der Waals surface area contributed by atoms with Crippen molar-refractivity contribution in [1.82, 2.24) is 15.6 Å². The summed E-state index contributed by atoms with van der Waals surface area (Å²) < 4.78 is 0. The normalized spacial score (nSPS) is 12.6. The number of pyridine rings is 1. The van der Waals surface area contributed by atoms with Crippen molar-refractivity contribution in [2.75, 3.05) is 25.5 Å². The first kappa shape index (κ1) is 17.8. The third-order valence-electron chi connectivity index (χ3n) is 3.70. The van der Waals surface area contributed by atoms with E-state index in [1.165, 1.54) is 5.56 Å². The molecule has 24 heavy (non-hydrogen) atoms. The molecule has 0 aliphatic heterocycles. The van der Waals surface area contributed by atoms with Gasteiger partial charge in [0.1, 0.15) is 5.82 Å². The van der Waals surface area contributed by atoms with Crippen LogP contribution in [-0.2, 0) is 6.54 Å². The van der Waals surface area contributed by atoms with Gasteiger partial charge in [0, 0.05) is 32.4 Å². The van der Waals surface area contributed by atoms with Gasteiger partial charge in [0.05, 0.1) is 12.6 Å². The zero-order valence-corrected chi connectivity index (χ0v) is 15.0. The lowest BCUT2D eigenvalue weighted by molar-refractivity contribution is 0.686. The molecule has 0 radical (unpaired) electrons. The van der Waals surface area contributed by atoms with Gasteiger partial charge in [-0.2, -0.15) is 0 Å². The van der Waals surface area contributed by atoms with E-state index in [0.717, 1.165) is 23.9 Å². The molecule has 0 aliphatic rings. The van der Waals surface area contributed by atoms with Crippen LogP contribution in [0.3, 0.4) is 0 Å². The molecule has 1 heterocycles. The molecular formula is C19H27N5. The second kappa shape index (κ2) is 8.91. The van der Waals surface area contributed by atoms with Gasteiger partial charge in [-0.15, -0.1) is 0 Å². The maximum atomic E-state index is 4.72. The van der Waals surface area contributed by atoms with Gasteiger partial charge in [-0.25, -0.2) is 9.98 Å². The number of hydrogen-bond donors (Lipinski definition) is 2. The van der Waals surface area contributed by atoms with E-state index in [0.29, 0.717) is 6.54 Å². The zero-order valence-electron chi connectivity index (χ0n) is 15.0. The Bertz CT molecular complexity index is 652. The molecule has 0 fully saturated rings. The van der Waals surface area contributed by atoms with Crippen LogP contribution in [0.2, 0.25) is 0 Å². The van der Waals surface area contributed by atoms with Crippen molar-refractivity contribution in [3.63, 3.8) is 0 Å². The first-order valence-electron chi connectivity index (χ1n) is 8.32. The molecule has 1 atom stereocenters. The molecule has 2 N–H and O–H groups in total. The monoisotopic (exact) mass is 325 g/mol. The lowest BCUT2D eigenvalue weighted by Crippen LogP contribution is -2.38. The van der Waals surface area contributed by atoms with Crippen molar-refractivity contribution in [3.05, 3.63) is 59.8 Å². The number of hydrogen-bond acceptors (Lipinski definition) is 3. The average Bonchev–Trinajstić information content (AvgIpc) is 2.60. The van der Waals surface area contributed by atoms with Gasteiger partial charge in [0.2, 0.25) is 0 Å². The summed E-state index contributed by atoms with van der Waals surface area (Å²) in [6.07, 6.45) is 1.81. The standard InChI is InChI=1S/C19H27N5/c1-5-20-19(23-15(2)16-10-7-6-8-11-16)22-14-17-12-9-13-21-18(17)24(3)4/h6-13,15H,5,14H2,1-4H3,(H2,20,22,23). The van der Waals surface area contributed by atoms with Crippen molar-refractivity contribution in [2.24, 2.45) is 4.99 Å². The summed E-state index contributed by atoms with van der Waals surface area (Å²) in [4.78, 5) is 11.2. The SMILES string of the molecule is CCNC(=NCc1cccnc1N(C)C)NC(C)c1ccccc1. The van der Waals surface area contributed by atoms with E-state index in [-0.39, 0.29) is 6.04 Å². The Morgan fingerprint density at radius 1 is 1.17 bits per heavy atom. The van der Waals surface area contributed by atoms with Gasteiger partial charge in [0.15, 0.2) is 5.96 Å². The van der Waals surface area contributed by atoms with E-state index < -0.39 is 0 Å². The van der Waals surface area contributed by atoms with Gasteiger partial charge in [-0.05, 0) is 25.5 Å². The van der Waals surface area contributed by atoms with E-state index in [2.05, 4.69) is 59.8 Å². The van der Waals surface area contributed by atoms with Gasteiger partial charge in [0.25, 0.3) is 0 Å². The molecule has 1 aromatic carbocycles. The minimum absolute atomic E-state index is 0.186. The van der Waals surface area contributed by atoms with Crippen LogP contribution in [0, 0.1) is 0 Å². The van der Waals surface area contributed by atoms with Crippen LogP contribution in [0.1, 0.15) is 31.0 Å². The number of nitrogens with one attached hydrogen (secondary N) is 2. The van der Waals surface area contributed by atoms with Crippen LogP contribution in [0.4, 0.5) is 5.82 Å². The molecule has 0 bridgehead atoms. The summed E-state index contributed by atoms with van der Waals surface area (Å²) in [5.74, 6) is 1.76. The predicted molar refractivity (Wildman–Crippen MR) is 101 cm³/mol. The van der Waals surface area contributed by atoms with Gasteiger partial charge < -0.3 is 15.5 Å². The summed E-state index contributed by atoms with van der Waals surface area (Å²) in [7, 11) is 3.99. The summed E-state index contributed by atoms with van der Waals surface area (Å²) in [5.41, 5.74) is 2.34. The molecule has 0 saturated carbocycles. The maximum Gasteiger partial charge on any atom is 0.192 e. The molecule has 5 heteroatoms. The Labute approximate surface area is 144 Å². The Kier molecular flexibility index (Phi) is 6.61. The fourth-order valence-electron chi connectivity index (χ4n) is 2.47. The van der Waals surface area contributed by atoms with Crippen molar-refractivity contribution >= 4 is 11.8 Å². The average molecular weight is 325 g/mol. The van der Waals surface area contributed by atoms with Crippen molar-refractivity contribution < 1.29 is 0 Å². The first-order valence-corrected chi connectivity index (χ1v) is 8.32. The second-order valence-corrected chi connectivity index (χ2v) is 5.85. The highest BCUT2D eigenvalue weighted by atomic mass is 15.2. The molecule has 0 amide bonds. The number of anilines is 1.